The number of rotatable bonds is 4. The van der Waals surface area contributed by atoms with Gasteiger partial charge in [0.25, 0.3) is 0 Å². The largest absolute Gasteiger partial charge is 0.157 e. The van der Waals surface area contributed by atoms with Gasteiger partial charge in [-0.25, -0.2) is 0 Å². The summed E-state index contributed by atoms with van der Waals surface area (Å²) in [5.41, 5.74) is 0.950. The lowest BCUT2D eigenvalue weighted by Gasteiger charge is -2.10. The van der Waals surface area contributed by atoms with E-state index < -0.39 is 0 Å². The molecule has 0 bridgehead atoms. The van der Waals surface area contributed by atoms with E-state index in [2.05, 4.69) is 23.2 Å². The van der Waals surface area contributed by atoms with Gasteiger partial charge in [-0.05, 0) is 12.5 Å². The Morgan fingerprint density at radius 2 is 2.19 bits per heavy atom. The van der Waals surface area contributed by atoms with Crippen LogP contribution in [0.25, 0.3) is 10.9 Å². The first-order valence-corrected chi connectivity index (χ1v) is 6.65. The third-order valence-electron chi connectivity index (χ3n) is 2.35. The first kappa shape index (κ1) is 11.7. The van der Waals surface area contributed by atoms with Crippen LogP contribution in [0.1, 0.15) is 13.3 Å². The lowest BCUT2D eigenvalue weighted by Crippen LogP contribution is -1.97. The van der Waals surface area contributed by atoms with Crippen LogP contribution in [0.15, 0.2) is 35.4 Å². The van der Waals surface area contributed by atoms with E-state index in [9.17, 15) is 0 Å². The van der Waals surface area contributed by atoms with Gasteiger partial charge in [0.05, 0.1) is 11.7 Å². The minimum atomic E-state index is 0.505. The Bertz CT molecular complexity index is 470. The third-order valence-corrected chi connectivity index (χ3v) is 3.79. The molecular formula is C12H13ClN2S. The van der Waals surface area contributed by atoms with E-state index >= 15 is 0 Å². The van der Waals surface area contributed by atoms with E-state index in [1.54, 1.807) is 0 Å². The van der Waals surface area contributed by atoms with E-state index in [1.807, 2.05) is 36.2 Å². The molecule has 0 fully saturated rings. The number of hydrogen-bond acceptors (Lipinski definition) is 3. The zero-order valence-electron chi connectivity index (χ0n) is 9.06. The molecule has 2 nitrogen and oxygen atoms in total. The Morgan fingerprint density at radius 3 is 3.00 bits per heavy atom. The van der Waals surface area contributed by atoms with Crippen molar-refractivity contribution in [1.82, 2.24) is 10.2 Å². The van der Waals surface area contributed by atoms with Crippen molar-refractivity contribution in [1.29, 1.82) is 0 Å². The predicted octanol–water partition coefficient (Wildman–Crippen LogP) is 3.74. The molecule has 0 aliphatic carbocycles. The van der Waals surface area contributed by atoms with Gasteiger partial charge in [0.1, 0.15) is 0 Å². The van der Waals surface area contributed by atoms with E-state index in [-0.39, 0.29) is 0 Å². The summed E-state index contributed by atoms with van der Waals surface area (Å²) >= 11 is 7.55. The summed E-state index contributed by atoms with van der Waals surface area (Å²) in [5.74, 6) is 0.699. The Kier molecular flexibility index (Phi) is 4.02. The Labute approximate surface area is 104 Å². The van der Waals surface area contributed by atoms with Gasteiger partial charge in [0.2, 0.25) is 0 Å². The molecule has 0 aliphatic heterocycles. The average Bonchev–Trinajstić information content (AvgIpc) is 2.30. The molecule has 0 radical (unpaired) electrons. The summed E-state index contributed by atoms with van der Waals surface area (Å²) in [5, 5.41) is 9.80. The molecule has 0 N–H and O–H groups in total. The zero-order valence-corrected chi connectivity index (χ0v) is 10.6. The second kappa shape index (κ2) is 5.51. The van der Waals surface area contributed by atoms with Gasteiger partial charge < -0.3 is 0 Å². The fraction of sp³-hybridized carbons (Fsp3) is 0.333. The molecular weight excluding hydrogens is 240 g/mol. The van der Waals surface area contributed by atoms with Crippen molar-refractivity contribution in [2.24, 2.45) is 0 Å². The van der Waals surface area contributed by atoms with Gasteiger partial charge in [0, 0.05) is 21.4 Å². The summed E-state index contributed by atoms with van der Waals surface area (Å²) in [4.78, 5) is 1.18. The van der Waals surface area contributed by atoms with Crippen molar-refractivity contribution < 1.29 is 0 Å². The molecule has 0 amide bonds. The number of alkyl halides is 1. The van der Waals surface area contributed by atoms with E-state index in [4.69, 9.17) is 11.6 Å². The fourth-order valence-corrected chi connectivity index (χ4v) is 3.04. The number of thioether (sulfide) groups is 1. The number of hydrogen-bond donors (Lipinski definition) is 0. The van der Waals surface area contributed by atoms with Crippen molar-refractivity contribution in [3.8, 4) is 0 Å². The van der Waals surface area contributed by atoms with Crippen LogP contribution in [-0.2, 0) is 0 Å². The molecule has 0 spiro atoms. The minimum absolute atomic E-state index is 0.505. The van der Waals surface area contributed by atoms with Crippen LogP contribution >= 0.6 is 23.4 Å². The van der Waals surface area contributed by atoms with Crippen LogP contribution in [0, 0.1) is 0 Å². The minimum Gasteiger partial charge on any atom is -0.157 e. The number of nitrogens with zero attached hydrogens (tertiary/aromatic N) is 2. The molecule has 0 aliphatic rings. The fourth-order valence-electron chi connectivity index (χ4n) is 1.51. The quantitative estimate of drug-likeness (QED) is 0.612. The molecule has 16 heavy (non-hydrogen) atoms. The van der Waals surface area contributed by atoms with Crippen molar-refractivity contribution >= 4 is 34.3 Å². The molecule has 84 valence electrons. The highest BCUT2D eigenvalue weighted by Crippen LogP contribution is 2.30. The lowest BCUT2D eigenvalue weighted by atomic mass is 10.2. The SMILES string of the molecule is CC(CCCl)Sc1cnnc2ccccc12. The lowest BCUT2D eigenvalue weighted by molar-refractivity contribution is 0.911. The number of fused-ring (bicyclic) bond motifs is 1. The smallest absolute Gasteiger partial charge is 0.0940 e. The standard InChI is InChI=1S/C12H13ClN2S/c1-9(6-7-13)16-12-8-14-15-11-5-3-2-4-10(11)12/h2-5,8-9H,6-7H2,1H3. The van der Waals surface area contributed by atoms with Gasteiger partial charge in [-0.3, -0.25) is 0 Å². The molecule has 1 atom stereocenters. The van der Waals surface area contributed by atoms with Crippen LogP contribution in [0.4, 0.5) is 0 Å². The normalized spacial score (nSPS) is 12.9. The zero-order chi connectivity index (χ0) is 11.4. The van der Waals surface area contributed by atoms with Gasteiger partial charge in [0.15, 0.2) is 0 Å². The molecule has 4 heteroatoms. The highest BCUT2D eigenvalue weighted by Gasteiger charge is 2.07. The van der Waals surface area contributed by atoms with Crippen molar-refractivity contribution in [2.75, 3.05) is 5.88 Å². The molecule has 1 aromatic heterocycles. The maximum atomic E-state index is 5.74. The van der Waals surface area contributed by atoms with Crippen LogP contribution in [0.3, 0.4) is 0 Å². The number of benzene rings is 1. The second-order valence-electron chi connectivity index (χ2n) is 3.63. The monoisotopic (exact) mass is 252 g/mol. The van der Waals surface area contributed by atoms with Gasteiger partial charge >= 0.3 is 0 Å². The topological polar surface area (TPSA) is 25.8 Å². The molecule has 2 rings (SSSR count). The predicted molar refractivity (Wildman–Crippen MR) is 70.2 cm³/mol. The molecule has 1 aromatic carbocycles. The summed E-state index contributed by atoms with van der Waals surface area (Å²) in [6.07, 6.45) is 2.83. The number of halogens is 1. The highest BCUT2D eigenvalue weighted by atomic mass is 35.5. The Balaban J connectivity index is 2.30. The van der Waals surface area contributed by atoms with Crippen LogP contribution < -0.4 is 0 Å². The highest BCUT2D eigenvalue weighted by molar-refractivity contribution is 8.00. The summed E-state index contributed by atoms with van der Waals surface area (Å²) < 4.78 is 0. The average molecular weight is 253 g/mol. The second-order valence-corrected chi connectivity index (χ2v) is 5.49. The van der Waals surface area contributed by atoms with E-state index in [1.165, 1.54) is 10.3 Å². The van der Waals surface area contributed by atoms with Gasteiger partial charge in [-0.1, -0.05) is 25.1 Å². The summed E-state index contributed by atoms with van der Waals surface area (Å²) in [7, 11) is 0. The van der Waals surface area contributed by atoms with Crippen molar-refractivity contribution in [3.63, 3.8) is 0 Å². The summed E-state index contributed by atoms with van der Waals surface area (Å²) in [6, 6.07) is 8.08. The van der Waals surface area contributed by atoms with Crippen molar-refractivity contribution in [2.45, 2.75) is 23.5 Å². The third kappa shape index (κ3) is 2.66. The maximum absolute atomic E-state index is 5.74. The van der Waals surface area contributed by atoms with Crippen LogP contribution in [0.5, 0.6) is 0 Å². The maximum Gasteiger partial charge on any atom is 0.0940 e. The molecule has 1 heterocycles. The van der Waals surface area contributed by atoms with E-state index in [0.29, 0.717) is 11.1 Å². The first-order chi connectivity index (χ1) is 7.81. The molecule has 1 unspecified atom stereocenters. The van der Waals surface area contributed by atoms with Gasteiger partial charge in [-0.2, -0.15) is 10.2 Å². The van der Waals surface area contributed by atoms with Gasteiger partial charge in [-0.15, -0.1) is 23.4 Å². The van der Waals surface area contributed by atoms with Crippen molar-refractivity contribution in [3.05, 3.63) is 30.5 Å². The molecule has 0 saturated heterocycles. The molecule has 2 aromatic rings. The Morgan fingerprint density at radius 1 is 1.38 bits per heavy atom. The molecule has 0 saturated carbocycles. The first-order valence-electron chi connectivity index (χ1n) is 5.24. The summed E-state index contributed by atoms with van der Waals surface area (Å²) in [6.45, 7) is 2.18. The number of aromatic nitrogens is 2. The van der Waals surface area contributed by atoms with E-state index in [0.717, 1.165) is 11.9 Å². The van der Waals surface area contributed by atoms with Crippen LogP contribution in [0.2, 0.25) is 0 Å². The Hall–Kier alpha value is -0.800. The van der Waals surface area contributed by atoms with Crippen LogP contribution in [-0.4, -0.2) is 21.3 Å².